The van der Waals surface area contributed by atoms with E-state index in [0.717, 1.165) is 46.0 Å². The molecule has 0 amide bonds. The minimum atomic E-state index is 0.666. The van der Waals surface area contributed by atoms with Gasteiger partial charge in [0.05, 0.1) is 23.3 Å². The summed E-state index contributed by atoms with van der Waals surface area (Å²) < 4.78 is 0. The molecule has 2 nitrogen and oxygen atoms in total. The number of rotatable bonds is 14. The molecule has 226 valence electrons. The molecule has 0 N–H and O–H groups in total. The minimum absolute atomic E-state index is 0.666. The van der Waals surface area contributed by atoms with Crippen LogP contribution in [-0.2, 0) is 19.4 Å². The van der Waals surface area contributed by atoms with Crippen LogP contribution in [0.1, 0.15) is 88.8 Å². The molecule has 2 heteroatoms. The van der Waals surface area contributed by atoms with E-state index in [0.29, 0.717) is 6.54 Å². The van der Waals surface area contributed by atoms with Crippen LogP contribution in [-0.4, -0.2) is 10.7 Å². The van der Waals surface area contributed by atoms with Gasteiger partial charge < -0.3 is 0 Å². The topological polar surface area (TPSA) is 25.2 Å². The van der Waals surface area contributed by atoms with Crippen LogP contribution in [0.5, 0.6) is 0 Å². The van der Waals surface area contributed by atoms with E-state index in [-0.39, 0.29) is 0 Å². The Morgan fingerprint density at radius 2 is 1.25 bits per heavy atom. The number of fused-ring (bicyclic) bond motifs is 1. The first kappa shape index (κ1) is 31.4. The number of aromatic nitrogens is 1. The van der Waals surface area contributed by atoms with Crippen molar-refractivity contribution in [2.75, 3.05) is 0 Å². The zero-order valence-corrected chi connectivity index (χ0v) is 27.0. The van der Waals surface area contributed by atoms with Crippen molar-refractivity contribution in [2.24, 2.45) is 4.99 Å². The van der Waals surface area contributed by atoms with E-state index in [1.54, 1.807) is 0 Å². The maximum atomic E-state index is 5.20. The van der Waals surface area contributed by atoms with Gasteiger partial charge >= 0.3 is 0 Å². The largest absolute Gasteiger partial charge is 0.280 e. The fraction of sp³-hybridized carbons (Fsp3) is 0.333. The van der Waals surface area contributed by atoms with Crippen molar-refractivity contribution in [3.05, 3.63) is 124 Å². The SMILES string of the molecule is C/C=C1/C=c2nc(-c3ccc(CCCCCC)cc3)cc(-c3ccccc3)c2=CC1=NCc1ccc(CCCCCC)cc1. The van der Waals surface area contributed by atoms with Gasteiger partial charge in [-0.3, -0.25) is 4.99 Å². The molecule has 0 saturated heterocycles. The Morgan fingerprint density at radius 1 is 0.636 bits per heavy atom. The fourth-order valence-corrected chi connectivity index (χ4v) is 5.99. The van der Waals surface area contributed by atoms with Crippen molar-refractivity contribution in [1.29, 1.82) is 0 Å². The minimum Gasteiger partial charge on any atom is -0.280 e. The summed E-state index contributed by atoms with van der Waals surface area (Å²) in [5.74, 6) is 0. The molecule has 4 aromatic rings. The second-order valence-electron chi connectivity index (χ2n) is 12.1. The average molecular weight is 581 g/mol. The van der Waals surface area contributed by atoms with Crippen molar-refractivity contribution >= 4 is 17.9 Å². The summed E-state index contributed by atoms with van der Waals surface area (Å²) in [6.07, 6.45) is 19.3. The van der Waals surface area contributed by atoms with Gasteiger partial charge in [-0.05, 0) is 84.2 Å². The van der Waals surface area contributed by atoms with Gasteiger partial charge in [0.1, 0.15) is 0 Å². The van der Waals surface area contributed by atoms with Crippen LogP contribution < -0.4 is 10.6 Å². The van der Waals surface area contributed by atoms with Crippen LogP contribution in [0.3, 0.4) is 0 Å². The van der Waals surface area contributed by atoms with Gasteiger partial charge in [0.2, 0.25) is 0 Å². The lowest BCUT2D eigenvalue weighted by molar-refractivity contribution is 0.667. The van der Waals surface area contributed by atoms with Crippen LogP contribution in [0.2, 0.25) is 0 Å². The number of aryl methyl sites for hydroxylation is 2. The van der Waals surface area contributed by atoms with Gasteiger partial charge in [-0.1, -0.05) is 137 Å². The van der Waals surface area contributed by atoms with Crippen molar-refractivity contribution in [2.45, 2.75) is 91.5 Å². The molecule has 0 aliphatic heterocycles. The van der Waals surface area contributed by atoms with Gasteiger partial charge in [0, 0.05) is 10.8 Å². The molecule has 0 saturated carbocycles. The Hall–Kier alpha value is -4.04. The second-order valence-corrected chi connectivity index (χ2v) is 12.1. The molecule has 0 unspecified atom stereocenters. The van der Waals surface area contributed by atoms with Crippen LogP contribution in [0.4, 0.5) is 0 Å². The second kappa shape index (κ2) is 16.1. The van der Waals surface area contributed by atoms with Crippen molar-refractivity contribution in [3.8, 4) is 22.4 Å². The first-order chi connectivity index (χ1) is 21.7. The zero-order chi connectivity index (χ0) is 30.6. The molecule has 0 fully saturated rings. The maximum absolute atomic E-state index is 5.20. The van der Waals surface area contributed by atoms with E-state index in [4.69, 9.17) is 9.98 Å². The smallest absolute Gasteiger partial charge is 0.0723 e. The summed E-state index contributed by atoms with van der Waals surface area (Å²) in [4.78, 5) is 10.3. The van der Waals surface area contributed by atoms with E-state index in [2.05, 4.69) is 124 Å². The van der Waals surface area contributed by atoms with Crippen LogP contribution >= 0.6 is 0 Å². The predicted molar refractivity (Wildman–Crippen MR) is 190 cm³/mol. The Labute approximate surface area is 265 Å². The monoisotopic (exact) mass is 580 g/mol. The highest BCUT2D eigenvalue weighted by Crippen LogP contribution is 2.23. The number of hydrogen-bond acceptors (Lipinski definition) is 2. The number of benzene rings is 3. The highest BCUT2D eigenvalue weighted by Gasteiger charge is 2.14. The lowest BCUT2D eigenvalue weighted by Gasteiger charge is -2.14. The van der Waals surface area contributed by atoms with Gasteiger partial charge in [0.25, 0.3) is 0 Å². The lowest BCUT2D eigenvalue weighted by atomic mass is 9.95. The number of allylic oxidation sites excluding steroid dienone is 2. The number of hydrogen-bond donors (Lipinski definition) is 0. The number of aliphatic imine (C=N–C) groups is 1. The molecule has 1 aliphatic carbocycles. The highest BCUT2D eigenvalue weighted by molar-refractivity contribution is 6.26. The summed E-state index contributed by atoms with van der Waals surface area (Å²) in [7, 11) is 0. The van der Waals surface area contributed by atoms with E-state index >= 15 is 0 Å². The molecular weight excluding hydrogens is 532 g/mol. The third-order valence-corrected chi connectivity index (χ3v) is 8.70. The first-order valence-corrected chi connectivity index (χ1v) is 16.9. The Kier molecular flexibility index (Phi) is 11.5. The fourth-order valence-electron chi connectivity index (χ4n) is 5.99. The van der Waals surface area contributed by atoms with Crippen molar-refractivity contribution in [1.82, 2.24) is 4.98 Å². The molecule has 3 aromatic carbocycles. The molecule has 1 aromatic heterocycles. The Balaban J connectivity index is 1.44. The lowest BCUT2D eigenvalue weighted by Crippen LogP contribution is -2.35. The van der Waals surface area contributed by atoms with Crippen molar-refractivity contribution in [3.63, 3.8) is 0 Å². The number of unbranched alkanes of at least 4 members (excludes halogenated alkanes) is 6. The van der Waals surface area contributed by atoms with E-state index in [1.165, 1.54) is 79.2 Å². The third-order valence-electron chi connectivity index (χ3n) is 8.70. The first-order valence-electron chi connectivity index (χ1n) is 16.9. The molecule has 0 radical (unpaired) electrons. The molecule has 44 heavy (non-hydrogen) atoms. The normalized spacial score (nSPS) is 14.3. The van der Waals surface area contributed by atoms with E-state index in [1.807, 2.05) is 0 Å². The Bertz CT molecular complexity index is 1670. The van der Waals surface area contributed by atoms with Gasteiger partial charge in [0.15, 0.2) is 0 Å². The zero-order valence-electron chi connectivity index (χ0n) is 27.0. The maximum Gasteiger partial charge on any atom is 0.0723 e. The molecule has 1 heterocycles. The standard InChI is InChI=1S/C42H48N2/c1-4-7-9-12-16-32-20-22-34(23-21-32)31-43-40-30-39-38(36-18-14-11-15-19-36)29-41(44-42(39)28-35(40)6-3)37-26-24-33(25-27-37)17-13-10-8-5-2/h6,11,14-15,18-30H,4-5,7-10,12-13,16-17,31H2,1-3H3/b35-6-,43-40?. The molecule has 0 bridgehead atoms. The summed E-state index contributed by atoms with van der Waals surface area (Å²) >= 11 is 0. The predicted octanol–water partition coefficient (Wildman–Crippen LogP) is 9.82. The van der Waals surface area contributed by atoms with Gasteiger partial charge in [-0.25, -0.2) is 4.98 Å². The molecule has 0 atom stereocenters. The summed E-state index contributed by atoms with van der Waals surface area (Å²) in [6.45, 7) is 7.29. The van der Waals surface area contributed by atoms with Gasteiger partial charge in [-0.15, -0.1) is 0 Å². The van der Waals surface area contributed by atoms with Crippen LogP contribution in [0.25, 0.3) is 34.5 Å². The summed E-state index contributed by atoms with van der Waals surface area (Å²) in [6, 6.07) is 31.0. The van der Waals surface area contributed by atoms with E-state index < -0.39 is 0 Å². The van der Waals surface area contributed by atoms with Crippen LogP contribution in [0.15, 0.2) is 102 Å². The quantitative estimate of drug-likeness (QED) is 0.136. The molecule has 0 spiro atoms. The number of pyridine rings is 1. The van der Waals surface area contributed by atoms with Crippen LogP contribution in [0, 0.1) is 0 Å². The van der Waals surface area contributed by atoms with Gasteiger partial charge in [-0.2, -0.15) is 0 Å². The third kappa shape index (κ3) is 8.32. The highest BCUT2D eigenvalue weighted by atomic mass is 14.7. The molecule has 5 rings (SSSR count). The molecule has 1 aliphatic rings. The van der Waals surface area contributed by atoms with Crippen molar-refractivity contribution < 1.29 is 0 Å². The average Bonchev–Trinajstić information content (AvgIpc) is 3.08. The summed E-state index contributed by atoms with van der Waals surface area (Å²) in [5.41, 5.74) is 10.8. The Morgan fingerprint density at radius 3 is 1.86 bits per heavy atom. The van der Waals surface area contributed by atoms with E-state index in [9.17, 15) is 0 Å². The number of nitrogens with zero attached hydrogens (tertiary/aromatic N) is 2. The molecular formula is C42H48N2. The summed E-state index contributed by atoms with van der Waals surface area (Å²) in [5, 5.41) is 2.14.